The fourth-order valence-electron chi connectivity index (χ4n) is 2.17. The summed E-state index contributed by atoms with van der Waals surface area (Å²) >= 11 is 12.2. The Morgan fingerprint density at radius 3 is 2.58 bits per heavy atom. The van der Waals surface area contributed by atoms with Crippen molar-refractivity contribution in [2.45, 2.75) is 6.04 Å². The molecule has 0 amide bonds. The van der Waals surface area contributed by atoms with Gasteiger partial charge in [0.05, 0.1) is 22.4 Å². The van der Waals surface area contributed by atoms with E-state index < -0.39 is 0 Å². The van der Waals surface area contributed by atoms with Crippen LogP contribution in [0.1, 0.15) is 17.2 Å². The van der Waals surface area contributed by atoms with Crippen LogP contribution in [0.15, 0.2) is 53.1 Å². The summed E-state index contributed by atoms with van der Waals surface area (Å²) in [4.78, 5) is 0. The highest BCUT2D eigenvalue weighted by Gasteiger charge is 2.18. The number of furan rings is 1. The van der Waals surface area contributed by atoms with E-state index >= 15 is 0 Å². The lowest BCUT2D eigenvalue weighted by Crippen LogP contribution is -2.11. The number of halogens is 2. The maximum atomic E-state index is 6.29. The Bertz CT molecular complexity index is 736. The van der Waals surface area contributed by atoms with Crippen molar-refractivity contribution in [3.8, 4) is 0 Å². The topological polar surface area (TPSA) is 39.2 Å². The minimum atomic E-state index is -0.366. The van der Waals surface area contributed by atoms with Crippen molar-refractivity contribution < 1.29 is 4.42 Å². The molecule has 0 spiro atoms. The van der Waals surface area contributed by atoms with Gasteiger partial charge in [0.1, 0.15) is 5.58 Å². The number of para-hydroxylation sites is 1. The van der Waals surface area contributed by atoms with Crippen molar-refractivity contribution in [3.05, 3.63) is 69.9 Å². The van der Waals surface area contributed by atoms with Gasteiger partial charge in [-0.3, -0.25) is 0 Å². The first-order valence-electron chi connectivity index (χ1n) is 5.84. The minimum Gasteiger partial charge on any atom is -0.464 e. The molecule has 0 aliphatic heterocycles. The molecule has 0 bridgehead atoms. The monoisotopic (exact) mass is 291 g/mol. The van der Waals surface area contributed by atoms with Crippen LogP contribution in [-0.2, 0) is 0 Å². The number of rotatable bonds is 2. The van der Waals surface area contributed by atoms with Crippen LogP contribution in [0.2, 0.25) is 10.0 Å². The third-order valence-corrected chi connectivity index (χ3v) is 4.00. The molecule has 1 heterocycles. The van der Waals surface area contributed by atoms with E-state index in [-0.39, 0.29) is 6.04 Å². The Labute approximate surface area is 120 Å². The first-order valence-corrected chi connectivity index (χ1v) is 6.59. The largest absolute Gasteiger partial charge is 0.464 e. The van der Waals surface area contributed by atoms with E-state index in [2.05, 4.69) is 0 Å². The summed E-state index contributed by atoms with van der Waals surface area (Å²) in [7, 11) is 0. The van der Waals surface area contributed by atoms with E-state index in [1.807, 2.05) is 36.4 Å². The van der Waals surface area contributed by atoms with Crippen molar-refractivity contribution in [1.29, 1.82) is 0 Å². The van der Waals surface area contributed by atoms with Crippen LogP contribution >= 0.6 is 23.2 Å². The zero-order chi connectivity index (χ0) is 13.4. The van der Waals surface area contributed by atoms with Gasteiger partial charge in [0, 0.05) is 10.9 Å². The van der Waals surface area contributed by atoms with Gasteiger partial charge >= 0.3 is 0 Å². The third-order valence-electron chi connectivity index (χ3n) is 3.16. The van der Waals surface area contributed by atoms with Crippen molar-refractivity contribution in [2.75, 3.05) is 0 Å². The molecule has 96 valence electrons. The third kappa shape index (κ3) is 2.12. The van der Waals surface area contributed by atoms with E-state index in [1.54, 1.807) is 12.3 Å². The Balaban J connectivity index is 2.13. The smallest absolute Gasteiger partial charge is 0.134 e. The summed E-state index contributed by atoms with van der Waals surface area (Å²) in [5, 5.41) is 1.98. The first kappa shape index (κ1) is 12.5. The van der Waals surface area contributed by atoms with Gasteiger partial charge in [-0.05, 0) is 17.7 Å². The average Bonchev–Trinajstić information content (AvgIpc) is 2.85. The number of nitrogens with two attached hydrogens (primary N) is 1. The molecule has 1 aromatic heterocycles. The average molecular weight is 292 g/mol. The highest BCUT2D eigenvalue weighted by Crippen LogP contribution is 2.35. The van der Waals surface area contributed by atoms with Gasteiger partial charge in [0.15, 0.2) is 0 Å². The number of benzene rings is 2. The molecule has 2 nitrogen and oxygen atoms in total. The lowest BCUT2D eigenvalue weighted by atomic mass is 9.99. The molecule has 0 radical (unpaired) electrons. The Morgan fingerprint density at radius 2 is 1.74 bits per heavy atom. The molecule has 19 heavy (non-hydrogen) atoms. The second kappa shape index (κ2) is 4.89. The van der Waals surface area contributed by atoms with Gasteiger partial charge < -0.3 is 10.2 Å². The van der Waals surface area contributed by atoms with Crippen LogP contribution in [0.25, 0.3) is 11.0 Å². The predicted octanol–water partition coefficient (Wildman–Crippen LogP) is 4.79. The van der Waals surface area contributed by atoms with Crippen LogP contribution < -0.4 is 5.73 Å². The molecule has 1 unspecified atom stereocenters. The molecule has 0 saturated heterocycles. The van der Waals surface area contributed by atoms with Crippen molar-refractivity contribution in [3.63, 3.8) is 0 Å². The molecule has 0 aliphatic carbocycles. The summed E-state index contributed by atoms with van der Waals surface area (Å²) in [5.41, 5.74) is 8.80. The van der Waals surface area contributed by atoms with Gasteiger partial charge in [-0.25, -0.2) is 0 Å². The maximum Gasteiger partial charge on any atom is 0.134 e. The molecule has 0 aliphatic rings. The SMILES string of the molecule is NC(c1cccc(Cl)c1Cl)c1coc2ccccc12. The molecule has 2 N–H and O–H groups in total. The number of fused-ring (bicyclic) bond motifs is 1. The quantitative estimate of drug-likeness (QED) is 0.737. The molecule has 2 aromatic carbocycles. The Kier molecular flexibility index (Phi) is 3.23. The predicted molar refractivity (Wildman–Crippen MR) is 78.7 cm³/mol. The molecule has 3 aromatic rings. The minimum absolute atomic E-state index is 0.366. The summed E-state index contributed by atoms with van der Waals surface area (Å²) < 4.78 is 5.51. The fraction of sp³-hybridized carbons (Fsp3) is 0.0667. The van der Waals surface area contributed by atoms with E-state index in [1.165, 1.54) is 0 Å². The van der Waals surface area contributed by atoms with Gasteiger partial charge in [0.2, 0.25) is 0 Å². The lowest BCUT2D eigenvalue weighted by Gasteiger charge is -2.13. The molecule has 0 saturated carbocycles. The van der Waals surface area contributed by atoms with E-state index in [9.17, 15) is 0 Å². The second-order valence-electron chi connectivity index (χ2n) is 4.31. The van der Waals surface area contributed by atoms with Gasteiger partial charge in [-0.15, -0.1) is 0 Å². The summed E-state index contributed by atoms with van der Waals surface area (Å²) in [5.74, 6) is 0. The molecular formula is C15H11Cl2NO. The first-order chi connectivity index (χ1) is 9.18. The fourth-order valence-corrected chi connectivity index (χ4v) is 2.59. The second-order valence-corrected chi connectivity index (χ2v) is 5.09. The molecule has 1 atom stereocenters. The van der Waals surface area contributed by atoms with E-state index in [4.69, 9.17) is 33.4 Å². The zero-order valence-electron chi connectivity index (χ0n) is 9.94. The zero-order valence-corrected chi connectivity index (χ0v) is 11.4. The van der Waals surface area contributed by atoms with Crippen LogP contribution in [-0.4, -0.2) is 0 Å². The molecule has 4 heteroatoms. The highest BCUT2D eigenvalue weighted by molar-refractivity contribution is 6.42. The van der Waals surface area contributed by atoms with Crippen LogP contribution in [0.5, 0.6) is 0 Å². The van der Waals surface area contributed by atoms with Crippen molar-refractivity contribution >= 4 is 34.2 Å². The van der Waals surface area contributed by atoms with Gasteiger partial charge in [0.25, 0.3) is 0 Å². The van der Waals surface area contributed by atoms with Crippen LogP contribution in [0, 0.1) is 0 Å². The molecular weight excluding hydrogens is 281 g/mol. The van der Waals surface area contributed by atoms with Crippen LogP contribution in [0.4, 0.5) is 0 Å². The summed E-state index contributed by atoms with van der Waals surface area (Å²) in [6.07, 6.45) is 1.67. The van der Waals surface area contributed by atoms with Gasteiger partial charge in [-0.1, -0.05) is 53.5 Å². The highest BCUT2D eigenvalue weighted by atomic mass is 35.5. The van der Waals surface area contributed by atoms with Crippen molar-refractivity contribution in [1.82, 2.24) is 0 Å². The Hall–Kier alpha value is -1.48. The number of hydrogen-bond acceptors (Lipinski definition) is 2. The number of hydrogen-bond donors (Lipinski definition) is 1. The molecule has 3 rings (SSSR count). The van der Waals surface area contributed by atoms with Crippen molar-refractivity contribution in [2.24, 2.45) is 5.73 Å². The normalized spacial score (nSPS) is 12.8. The molecule has 0 fully saturated rings. The lowest BCUT2D eigenvalue weighted by molar-refractivity contribution is 0.607. The summed E-state index contributed by atoms with van der Waals surface area (Å²) in [6.45, 7) is 0. The van der Waals surface area contributed by atoms with E-state index in [0.29, 0.717) is 10.0 Å². The maximum absolute atomic E-state index is 6.29. The standard InChI is InChI=1S/C15H11Cl2NO/c16-12-6-3-5-10(14(12)17)15(18)11-8-19-13-7-2-1-4-9(11)13/h1-8,15H,18H2. The Morgan fingerprint density at radius 1 is 0.947 bits per heavy atom. The van der Waals surface area contributed by atoms with Gasteiger partial charge in [-0.2, -0.15) is 0 Å². The summed E-state index contributed by atoms with van der Waals surface area (Å²) in [6, 6.07) is 12.9. The van der Waals surface area contributed by atoms with Crippen LogP contribution in [0.3, 0.4) is 0 Å². The van der Waals surface area contributed by atoms with E-state index in [0.717, 1.165) is 22.1 Å².